The minimum absolute atomic E-state index is 0.765. The molecule has 0 aromatic rings. The Bertz CT molecular complexity index is 32.5. The van der Waals surface area contributed by atoms with E-state index in [1.807, 2.05) is 0 Å². The van der Waals surface area contributed by atoms with Gasteiger partial charge in [0.25, 0.3) is 0 Å². The van der Waals surface area contributed by atoms with Crippen molar-refractivity contribution in [2.24, 2.45) is 0 Å². The molecule has 0 aliphatic rings. The van der Waals surface area contributed by atoms with Crippen LogP contribution in [0.3, 0.4) is 0 Å². The summed E-state index contributed by atoms with van der Waals surface area (Å²) in [5.74, 6) is 0. The van der Waals surface area contributed by atoms with Gasteiger partial charge in [-0.2, -0.15) is 0 Å². The van der Waals surface area contributed by atoms with E-state index in [1.165, 1.54) is 0 Å². The van der Waals surface area contributed by atoms with E-state index in [0.717, 1.165) is 0 Å². The SMILES string of the molecule is FC(Cl)C(Cl)Br. The molecule has 0 aliphatic carbocycles. The highest BCUT2D eigenvalue weighted by atomic mass is 79.9. The second-order valence-corrected chi connectivity index (χ2v) is 3.07. The molecule has 0 aromatic heterocycles. The molecular weight excluding hydrogens is 194 g/mol. The third-order valence-corrected chi connectivity index (χ3v) is 1.56. The summed E-state index contributed by atoms with van der Waals surface area (Å²) in [5.41, 5.74) is -1.49. The lowest BCUT2D eigenvalue weighted by Gasteiger charge is -1.94. The topological polar surface area (TPSA) is 0 Å². The monoisotopic (exact) mass is 194 g/mol. The first kappa shape index (κ1) is 6.99. The molecule has 0 rings (SSSR count). The molecule has 2 atom stereocenters. The number of hydrogen-bond acceptors (Lipinski definition) is 0. The highest BCUT2D eigenvalue weighted by molar-refractivity contribution is 9.10. The summed E-state index contributed by atoms with van der Waals surface area (Å²) in [6, 6.07) is 0. The zero-order valence-corrected chi connectivity index (χ0v) is 5.76. The van der Waals surface area contributed by atoms with Crippen molar-refractivity contribution in [3.8, 4) is 0 Å². The Hall–Kier alpha value is 0.990. The van der Waals surface area contributed by atoms with Crippen LogP contribution in [0.2, 0.25) is 0 Å². The number of rotatable bonds is 1. The summed E-state index contributed by atoms with van der Waals surface area (Å²) >= 11 is 12.5. The van der Waals surface area contributed by atoms with Gasteiger partial charge >= 0.3 is 0 Å². The van der Waals surface area contributed by atoms with Gasteiger partial charge in [0.05, 0.1) is 0 Å². The van der Waals surface area contributed by atoms with Crippen molar-refractivity contribution >= 4 is 39.1 Å². The fourth-order valence-corrected chi connectivity index (χ4v) is 0. The molecule has 0 saturated carbocycles. The maximum absolute atomic E-state index is 11.4. The predicted molar refractivity (Wildman–Crippen MR) is 29.3 cm³/mol. The van der Waals surface area contributed by atoms with Gasteiger partial charge in [-0.1, -0.05) is 27.5 Å². The van der Waals surface area contributed by atoms with Crippen LogP contribution in [0.4, 0.5) is 4.39 Å². The molecule has 0 bridgehead atoms. The zero-order chi connectivity index (χ0) is 5.15. The van der Waals surface area contributed by atoms with Gasteiger partial charge in [0.2, 0.25) is 0 Å². The molecule has 0 nitrogen and oxygen atoms in total. The fraction of sp³-hybridized carbons (Fsp3) is 1.00. The maximum atomic E-state index is 11.4. The first-order valence-corrected chi connectivity index (χ1v) is 2.99. The van der Waals surface area contributed by atoms with Gasteiger partial charge in [-0.15, -0.1) is 11.6 Å². The third-order valence-electron chi connectivity index (χ3n) is 0.190. The van der Waals surface area contributed by atoms with Crippen LogP contribution in [-0.4, -0.2) is 9.92 Å². The minimum Gasteiger partial charge on any atom is -0.227 e. The molecule has 38 valence electrons. The summed E-state index contributed by atoms with van der Waals surface area (Å²) in [5, 5.41) is 0. The minimum atomic E-state index is -1.49. The summed E-state index contributed by atoms with van der Waals surface area (Å²) in [6.07, 6.45) is 0. The van der Waals surface area contributed by atoms with Gasteiger partial charge in [0.1, 0.15) is 4.29 Å². The van der Waals surface area contributed by atoms with Gasteiger partial charge < -0.3 is 0 Å². The van der Waals surface area contributed by atoms with Crippen LogP contribution in [0.25, 0.3) is 0 Å². The smallest absolute Gasteiger partial charge is 0.199 e. The van der Waals surface area contributed by atoms with Gasteiger partial charge in [-0.05, 0) is 0 Å². The molecule has 0 saturated heterocycles. The van der Waals surface area contributed by atoms with Gasteiger partial charge in [0, 0.05) is 0 Å². The second kappa shape index (κ2) is 3.05. The maximum Gasteiger partial charge on any atom is 0.199 e. The fourth-order valence-electron chi connectivity index (χ4n) is 0. The highest BCUT2D eigenvalue weighted by Gasteiger charge is 2.08. The summed E-state index contributed by atoms with van der Waals surface area (Å²) in [7, 11) is 0. The molecule has 0 spiro atoms. The van der Waals surface area contributed by atoms with E-state index in [2.05, 4.69) is 15.9 Å². The second-order valence-electron chi connectivity index (χ2n) is 0.669. The zero-order valence-electron chi connectivity index (χ0n) is 2.67. The molecule has 0 radical (unpaired) electrons. The Morgan fingerprint density at radius 2 is 1.67 bits per heavy atom. The summed E-state index contributed by atoms with van der Waals surface area (Å²) in [6.45, 7) is 0. The summed E-state index contributed by atoms with van der Waals surface area (Å²) in [4.78, 5) is 0. The van der Waals surface area contributed by atoms with Crippen molar-refractivity contribution in [3.05, 3.63) is 0 Å². The molecule has 0 aromatic carbocycles. The largest absolute Gasteiger partial charge is 0.227 e. The Balaban J connectivity index is 2.99. The average Bonchev–Trinajstić information content (AvgIpc) is 1.36. The number of hydrogen-bond donors (Lipinski definition) is 0. The Kier molecular flexibility index (Phi) is 3.56. The molecule has 0 heterocycles. The van der Waals surface area contributed by atoms with E-state index in [-0.39, 0.29) is 0 Å². The number of halogens is 4. The van der Waals surface area contributed by atoms with Crippen LogP contribution >= 0.6 is 39.1 Å². The van der Waals surface area contributed by atoms with E-state index in [4.69, 9.17) is 23.2 Å². The van der Waals surface area contributed by atoms with Crippen LogP contribution in [0.1, 0.15) is 0 Å². The summed E-state index contributed by atoms with van der Waals surface area (Å²) < 4.78 is 10.6. The first-order chi connectivity index (χ1) is 2.64. The first-order valence-electron chi connectivity index (χ1n) is 1.21. The molecule has 4 heteroatoms. The van der Waals surface area contributed by atoms with Crippen LogP contribution in [-0.2, 0) is 0 Å². The van der Waals surface area contributed by atoms with E-state index >= 15 is 0 Å². The number of alkyl halides is 4. The van der Waals surface area contributed by atoms with Gasteiger partial charge in [0.15, 0.2) is 5.63 Å². The van der Waals surface area contributed by atoms with Gasteiger partial charge in [-0.25, -0.2) is 4.39 Å². The van der Waals surface area contributed by atoms with E-state index in [1.54, 1.807) is 0 Å². The van der Waals surface area contributed by atoms with Crippen molar-refractivity contribution < 1.29 is 4.39 Å². The Morgan fingerprint density at radius 3 is 1.67 bits per heavy atom. The van der Waals surface area contributed by atoms with Crippen molar-refractivity contribution in [2.75, 3.05) is 0 Å². The van der Waals surface area contributed by atoms with Crippen LogP contribution < -0.4 is 0 Å². The van der Waals surface area contributed by atoms with Crippen molar-refractivity contribution in [3.63, 3.8) is 0 Å². The van der Waals surface area contributed by atoms with E-state index in [9.17, 15) is 4.39 Å². The Labute approximate surface area is 53.7 Å². The molecule has 0 N–H and O–H groups in total. The van der Waals surface area contributed by atoms with Crippen molar-refractivity contribution in [2.45, 2.75) is 9.92 Å². The Morgan fingerprint density at radius 1 is 1.50 bits per heavy atom. The van der Waals surface area contributed by atoms with Crippen LogP contribution in [0.5, 0.6) is 0 Å². The third kappa shape index (κ3) is 3.19. The normalized spacial score (nSPS) is 20.0. The van der Waals surface area contributed by atoms with Crippen molar-refractivity contribution in [1.29, 1.82) is 0 Å². The molecule has 0 amide bonds. The predicted octanol–water partition coefficient (Wildman–Crippen LogP) is 2.48. The van der Waals surface area contributed by atoms with E-state index < -0.39 is 9.92 Å². The molecule has 0 fully saturated rings. The lowest BCUT2D eigenvalue weighted by atomic mass is 10.9. The highest BCUT2D eigenvalue weighted by Crippen LogP contribution is 2.16. The van der Waals surface area contributed by atoms with Gasteiger partial charge in [-0.3, -0.25) is 0 Å². The van der Waals surface area contributed by atoms with E-state index in [0.29, 0.717) is 0 Å². The quantitative estimate of drug-likeness (QED) is 0.565. The molecule has 2 unspecified atom stereocenters. The van der Waals surface area contributed by atoms with Crippen molar-refractivity contribution in [1.82, 2.24) is 0 Å². The van der Waals surface area contributed by atoms with Crippen LogP contribution in [0, 0.1) is 0 Å². The molecule has 0 aliphatic heterocycles. The molecular formula is C2H2BrCl2F. The lowest BCUT2D eigenvalue weighted by molar-refractivity contribution is 0.470. The average molecular weight is 196 g/mol. The lowest BCUT2D eigenvalue weighted by Crippen LogP contribution is -1.97. The molecule has 6 heavy (non-hydrogen) atoms. The van der Waals surface area contributed by atoms with Crippen LogP contribution in [0.15, 0.2) is 0 Å². The standard InChI is InChI=1S/C2H2BrCl2F/c3-1(4)2(5)6/h1-2H.